The van der Waals surface area contributed by atoms with Crippen molar-refractivity contribution in [3.05, 3.63) is 58.1 Å². The smallest absolute Gasteiger partial charge is 0.336 e. The van der Waals surface area contributed by atoms with E-state index in [1.165, 1.54) is 6.07 Å². The summed E-state index contributed by atoms with van der Waals surface area (Å²) in [5.41, 5.74) is 0.325. The number of thioether (sulfide) groups is 1. The topological polar surface area (TPSA) is 74.7 Å². The van der Waals surface area contributed by atoms with Crippen LogP contribution in [0.3, 0.4) is 0 Å². The van der Waals surface area contributed by atoms with Crippen molar-refractivity contribution in [1.82, 2.24) is 0 Å². The van der Waals surface area contributed by atoms with Crippen LogP contribution in [0.4, 0.5) is 5.69 Å². The van der Waals surface area contributed by atoms with Crippen molar-refractivity contribution in [3.63, 3.8) is 0 Å². The predicted octanol–water partition coefficient (Wildman–Crippen LogP) is 4.12. The molecule has 1 heterocycles. The Morgan fingerprint density at radius 1 is 1.12 bits per heavy atom. The quantitative estimate of drug-likeness (QED) is 0.788. The molecule has 25 heavy (non-hydrogen) atoms. The molecular weight excluding hydrogens is 385 g/mol. The lowest BCUT2D eigenvalue weighted by Gasteiger charge is -2.17. The van der Waals surface area contributed by atoms with Gasteiger partial charge in [0.15, 0.2) is 0 Å². The fourth-order valence-electron chi connectivity index (χ4n) is 2.51. The van der Waals surface area contributed by atoms with Crippen LogP contribution >= 0.6 is 35.0 Å². The molecule has 2 aromatic rings. The molecule has 2 amide bonds. The molecule has 0 saturated carbocycles. The molecule has 0 aliphatic carbocycles. The predicted molar refractivity (Wildman–Crippen MR) is 96.6 cm³/mol. The molecule has 8 heteroatoms. The molecule has 1 N–H and O–H groups in total. The summed E-state index contributed by atoms with van der Waals surface area (Å²) in [7, 11) is 0. The SMILES string of the molecule is O=C(O)c1ccccc1S[C@@H]1CC(=O)N(c2cccc(Cl)c2Cl)C1=O. The number of carbonyl (C=O) groups is 3. The Labute approximate surface area is 157 Å². The van der Waals surface area contributed by atoms with E-state index in [1.807, 2.05) is 0 Å². The fraction of sp³-hybridized carbons (Fsp3) is 0.118. The van der Waals surface area contributed by atoms with Gasteiger partial charge in [-0.3, -0.25) is 9.59 Å². The number of halogens is 2. The number of benzene rings is 2. The highest BCUT2D eigenvalue weighted by atomic mass is 35.5. The highest BCUT2D eigenvalue weighted by Crippen LogP contribution is 2.39. The Hall–Kier alpha value is -2.02. The van der Waals surface area contributed by atoms with Gasteiger partial charge in [0.2, 0.25) is 11.8 Å². The number of nitrogens with zero attached hydrogens (tertiary/aromatic N) is 1. The van der Waals surface area contributed by atoms with Crippen LogP contribution in [0.5, 0.6) is 0 Å². The molecule has 2 aromatic carbocycles. The van der Waals surface area contributed by atoms with Gasteiger partial charge in [0.05, 0.1) is 26.5 Å². The van der Waals surface area contributed by atoms with Gasteiger partial charge < -0.3 is 5.11 Å². The molecular formula is C17H11Cl2NO4S. The molecule has 0 bridgehead atoms. The Morgan fingerprint density at radius 2 is 1.84 bits per heavy atom. The first-order valence-electron chi connectivity index (χ1n) is 7.20. The van der Waals surface area contributed by atoms with Gasteiger partial charge >= 0.3 is 5.97 Å². The lowest BCUT2D eigenvalue weighted by molar-refractivity contribution is -0.121. The number of carbonyl (C=O) groups excluding carboxylic acids is 2. The van der Waals surface area contributed by atoms with Crippen LogP contribution in [0.1, 0.15) is 16.8 Å². The number of anilines is 1. The van der Waals surface area contributed by atoms with Gasteiger partial charge in [-0.25, -0.2) is 9.69 Å². The van der Waals surface area contributed by atoms with Gasteiger partial charge in [-0.05, 0) is 24.3 Å². The summed E-state index contributed by atoms with van der Waals surface area (Å²) in [4.78, 5) is 37.8. The van der Waals surface area contributed by atoms with E-state index in [1.54, 1.807) is 36.4 Å². The number of carboxylic acids is 1. The van der Waals surface area contributed by atoms with Gasteiger partial charge in [-0.2, -0.15) is 0 Å². The van der Waals surface area contributed by atoms with Crippen molar-refractivity contribution in [2.24, 2.45) is 0 Å². The maximum Gasteiger partial charge on any atom is 0.336 e. The molecule has 1 aliphatic rings. The van der Waals surface area contributed by atoms with E-state index in [-0.39, 0.29) is 27.7 Å². The second-order valence-electron chi connectivity index (χ2n) is 5.25. The first-order chi connectivity index (χ1) is 11.9. The van der Waals surface area contributed by atoms with Gasteiger partial charge in [0.25, 0.3) is 0 Å². The van der Waals surface area contributed by atoms with Crippen molar-refractivity contribution in [1.29, 1.82) is 0 Å². The molecule has 1 atom stereocenters. The summed E-state index contributed by atoms with van der Waals surface area (Å²) in [6.07, 6.45) is -0.0414. The van der Waals surface area contributed by atoms with Gasteiger partial charge in [0.1, 0.15) is 0 Å². The molecule has 0 aromatic heterocycles. The molecule has 0 spiro atoms. The molecule has 5 nitrogen and oxygen atoms in total. The van der Waals surface area contributed by atoms with Crippen molar-refractivity contribution in [2.75, 3.05) is 4.90 Å². The normalized spacial score (nSPS) is 17.2. The van der Waals surface area contributed by atoms with Crippen LogP contribution in [0, 0.1) is 0 Å². The van der Waals surface area contributed by atoms with E-state index in [0.29, 0.717) is 4.90 Å². The lowest BCUT2D eigenvalue weighted by atomic mass is 10.2. The first kappa shape index (κ1) is 17.8. The third kappa shape index (κ3) is 3.38. The third-order valence-electron chi connectivity index (χ3n) is 3.66. The lowest BCUT2D eigenvalue weighted by Crippen LogP contribution is -2.31. The standard InChI is InChI=1S/C17H11Cl2NO4S/c18-10-5-3-6-11(15(10)19)20-14(21)8-13(16(20)22)25-12-7-2-1-4-9(12)17(23)24/h1-7,13H,8H2,(H,23,24)/t13-/m1/s1. The van der Waals surface area contributed by atoms with E-state index >= 15 is 0 Å². The van der Waals surface area contributed by atoms with Crippen molar-refractivity contribution < 1.29 is 19.5 Å². The second kappa shape index (κ2) is 7.07. The number of aromatic carboxylic acids is 1. The molecule has 1 saturated heterocycles. The minimum Gasteiger partial charge on any atom is -0.478 e. The summed E-state index contributed by atoms with van der Waals surface area (Å²) >= 11 is 13.1. The largest absolute Gasteiger partial charge is 0.478 e. The average molecular weight is 396 g/mol. The van der Waals surface area contributed by atoms with E-state index in [0.717, 1.165) is 16.7 Å². The van der Waals surface area contributed by atoms with Crippen molar-refractivity contribution in [2.45, 2.75) is 16.6 Å². The van der Waals surface area contributed by atoms with Gasteiger partial charge in [-0.15, -0.1) is 11.8 Å². The highest BCUT2D eigenvalue weighted by Gasteiger charge is 2.41. The zero-order valence-corrected chi connectivity index (χ0v) is 14.9. The van der Waals surface area contributed by atoms with Crippen LogP contribution in [-0.2, 0) is 9.59 Å². The second-order valence-corrected chi connectivity index (χ2v) is 7.28. The molecule has 1 fully saturated rings. The number of carboxylic acid groups (broad SMARTS) is 1. The summed E-state index contributed by atoms with van der Waals surface area (Å²) in [6.45, 7) is 0. The summed E-state index contributed by atoms with van der Waals surface area (Å²) in [5, 5.41) is 8.90. The number of rotatable bonds is 4. The van der Waals surface area contributed by atoms with Crippen LogP contribution in [0.15, 0.2) is 47.4 Å². The Morgan fingerprint density at radius 3 is 2.56 bits per heavy atom. The van der Waals surface area contributed by atoms with Crippen molar-refractivity contribution >= 4 is 58.4 Å². The van der Waals surface area contributed by atoms with Gasteiger partial charge in [0, 0.05) is 11.3 Å². The maximum atomic E-state index is 12.7. The molecule has 0 unspecified atom stereocenters. The first-order valence-corrected chi connectivity index (χ1v) is 8.83. The van der Waals surface area contributed by atoms with Crippen molar-refractivity contribution in [3.8, 4) is 0 Å². The third-order valence-corrected chi connectivity index (χ3v) is 5.74. The van der Waals surface area contributed by atoms with Crippen LogP contribution < -0.4 is 4.90 Å². The molecule has 1 aliphatic heterocycles. The van der Waals surface area contributed by atoms with Crippen LogP contribution in [0.2, 0.25) is 10.0 Å². The van der Waals surface area contributed by atoms with Crippen LogP contribution in [0.25, 0.3) is 0 Å². The maximum absolute atomic E-state index is 12.7. The molecule has 0 radical (unpaired) electrons. The minimum atomic E-state index is -1.09. The highest BCUT2D eigenvalue weighted by molar-refractivity contribution is 8.00. The summed E-state index contributed by atoms with van der Waals surface area (Å²) in [6, 6.07) is 11.1. The number of amides is 2. The van der Waals surface area contributed by atoms with E-state index in [4.69, 9.17) is 23.2 Å². The summed E-state index contributed by atoms with van der Waals surface area (Å²) < 4.78 is 0. The Balaban J connectivity index is 1.90. The van der Waals surface area contributed by atoms with Crippen LogP contribution in [-0.4, -0.2) is 28.1 Å². The number of hydrogen-bond acceptors (Lipinski definition) is 4. The average Bonchev–Trinajstić information content (AvgIpc) is 2.85. The molecule has 128 valence electrons. The number of hydrogen-bond donors (Lipinski definition) is 1. The Bertz CT molecular complexity index is 887. The monoisotopic (exact) mass is 395 g/mol. The fourth-order valence-corrected chi connectivity index (χ4v) is 4.07. The van der Waals surface area contributed by atoms with E-state index in [2.05, 4.69) is 0 Å². The van der Waals surface area contributed by atoms with E-state index in [9.17, 15) is 19.5 Å². The van der Waals surface area contributed by atoms with Gasteiger partial charge in [-0.1, -0.05) is 41.4 Å². The number of imide groups is 1. The Kier molecular flexibility index (Phi) is 5.03. The van der Waals surface area contributed by atoms with E-state index < -0.39 is 23.0 Å². The minimum absolute atomic E-state index is 0.0414. The molecule has 3 rings (SSSR count). The summed E-state index contributed by atoms with van der Waals surface area (Å²) in [5.74, 6) is -1.94. The zero-order chi connectivity index (χ0) is 18.1. The zero-order valence-electron chi connectivity index (χ0n) is 12.6.